The molecule has 20 heavy (non-hydrogen) atoms. The largest absolute Gasteiger partial charge is 0.354 e. The molecule has 2 aromatic rings. The summed E-state index contributed by atoms with van der Waals surface area (Å²) in [4.78, 5) is 10.6. The minimum atomic E-state index is -0.351. The van der Waals surface area contributed by atoms with Crippen LogP contribution in [0.5, 0.6) is 0 Å². The lowest BCUT2D eigenvalue weighted by Gasteiger charge is -2.28. The standard InChI is InChI=1S/C14H18FN5/c1-10-8-17-19(2)12(10)13-16-9-11(15)14(18-13)20-6-4-3-5-7-20/h8-9H,3-7H2,1-2H3. The van der Waals surface area contributed by atoms with Crippen molar-refractivity contribution in [2.45, 2.75) is 26.2 Å². The highest BCUT2D eigenvalue weighted by molar-refractivity contribution is 5.57. The summed E-state index contributed by atoms with van der Waals surface area (Å²) in [5.74, 6) is 0.593. The highest BCUT2D eigenvalue weighted by atomic mass is 19.1. The van der Waals surface area contributed by atoms with E-state index in [-0.39, 0.29) is 5.82 Å². The van der Waals surface area contributed by atoms with Crippen molar-refractivity contribution in [3.05, 3.63) is 23.8 Å². The molecule has 1 saturated heterocycles. The monoisotopic (exact) mass is 275 g/mol. The van der Waals surface area contributed by atoms with Crippen LogP contribution in [0.3, 0.4) is 0 Å². The molecule has 0 atom stereocenters. The van der Waals surface area contributed by atoms with E-state index in [1.54, 1.807) is 10.9 Å². The lowest BCUT2D eigenvalue weighted by atomic mass is 10.1. The molecule has 1 aliphatic heterocycles. The van der Waals surface area contributed by atoms with E-state index in [0.717, 1.165) is 37.2 Å². The van der Waals surface area contributed by atoms with Crippen molar-refractivity contribution in [1.82, 2.24) is 19.7 Å². The fraction of sp³-hybridized carbons (Fsp3) is 0.500. The Labute approximate surface area is 117 Å². The Bertz CT molecular complexity index is 597. The molecule has 1 aliphatic rings. The van der Waals surface area contributed by atoms with Gasteiger partial charge in [-0.2, -0.15) is 5.10 Å². The second-order valence-electron chi connectivity index (χ2n) is 5.21. The van der Waals surface area contributed by atoms with Crippen molar-refractivity contribution in [2.75, 3.05) is 18.0 Å². The Kier molecular flexibility index (Phi) is 3.38. The number of nitrogens with zero attached hydrogens (tertiary/aromatic N) is 5. The van der Waals surface area contributed by atoms with Gasteiger partial charge in [-0.3, -0.25) is 4.68 Å². The number of halogens is 1. The van der Waals surface area contributed by atoms with Gasteiger partial charge < -0.3 is 4.90 Å². The molecule has 0 spiro atoms. The molecule has 0 saturated carbocycles. The third kappa shape index (κ3) is 2.26. The van der Waals surface area contributed by atoms with E-state index < -0.39 is 0 Å². The molecule has 5 nitrogen and oxygen atoms in total. The number of aryl methyl sites for hydroxylation is 2. The van der Waals surface area contributed by atoms with E-state index in [1.165, 1.54) is 12.6 Å². The number of hydrogen-bond donors (Lipinski definition) is 0. The van der Waals surface area contributed by atoms with Gasteiger partial charge in [-0.25, -0.2) is 14.4 Å². The second kappa shape index (κ2) is 5.19. The van der Waals surface area contributed by atoms with Crippen LogP contribution >= 0.6 is 0 Å². The second-order valence-corrected chi connectivity index (χ2v) is 5.21. The third-order valence-electron chi connectivity index (χ3n) is 3.71. The molecular formula is C14H18FN5. The summed E-state index contributed by atoms with van der Waals surface area (Å²) in [6.07, 6.45) is 6.41. The lowest BCUT2D eigenvalue weighted by molar-refractivity contribution is 0.547. The first-order valence-corrected chi connectivity index (χ1v) is 6.93. The maximum Gasteiger partial charge on any atom is 0.183 e. The van der Waals surface area contributed by atoms with Gasteiger partial charge in [-0.1, -0.05) is 0 Å². The number of aromatic nitrogens is 4. The van der Waals surface area contributed by atoms with Crippen LogP contribution in [0.1, 0.15) is 24.8 Å². The molecule has 0 N–H and O–H groups in total. The van der Waals surface area contributed by atoms with Crippen molar-refractivity contribution in [3.63, 3.8) is 0 Å². The first-order valence-electron chi connectivity index (χ1n) is 6.93. The molecule has 0 aromatic carbocycles. The summed E-state index contributed by atoms with van der Waals surface area (Å²) in [5, 5.41) is 4.19. The van der Waals surface area contributed by atoms with Crippen LogP contribution in [-0.4, -0.2) is 32.8 Å². The average molecular weight is 275 g/mol. The highest BCUT2D eigenvalue weighted by Crippen LogP contribution is 2.25. The molecule has 0 unspecified atom stereocenters. The van der Waals surface area contributed by atoms with Gasteiger partial charge in [0.2, 0.25) is 0 Å². The Morgan fingerprint density at radius 1 is 1.15 bits per heavy atom. The number of anilines is 1. The van der Waals surface area contributed by atoms with Gasteiger partial charge in [0.05, 0.1) is 12.4 Å². The normalized spacial score (nSPS) is 15.7. The molecule has 0 amide bonds. The highest BCUT2D eigenvalue weighted by Gasteiger charge is 2.19. The van der Waals surface area contributed by atoms with Gasteiger partial charge in [0.25, 0.3) is 0 Å². The molecule has 0 bridgehead atoms. The maximum atomic E-state index is 14.0. The van der Waals surface area contributed by atoms with Gasteiger partial charge in [-0.15, -0.1) is 0 Å². The number of rotatable bonds is 2. The van der Waals surface area contributed by atoms with E-state index in [2.05, 4.69) is 15.1 Å². The first-order chi connectivity index (χ1) is 9.66. The predicted octanol–water partition coefficient (Wildman–Crippen LogP) is 2.31. The van der Waals surface area contributed by atoms with Crippen LogP contribution < -0.4 is 4.90 Å². The Balaban J connectivity index is 2.02. The van der Waals surface area contributed by atoms with E-state index >= 15 is 0 Å². The van der Waals surface area contributed by atoms with Crippen LogP contribution in [0.25, 0.3) is 11.5 Å². The molecule has 106 valence electrons. The molecule has 3 heterocycles. The van der Waals surface area contributed by atoms with Gasteiger partial charge >= 0.3 is 0 Å². The zero-order valence-electron chi connectivity index (χ0n) is 11.8. The van der Waals surface area contributed by atoms with Gasteiger partial charge in [-0.05, 0) is 31.7 Å². The van der Waals surface area contributed by atoms with E-state index in [4.69, 9.17) is 0 Å². The first kappa shape index (κ1) is 13.0. The third-order valence-corrected chi connectivity index (χ3v) is 3.71. The van der Waals surface area contributed by atoms with Crippen LogP contribution in [0.2, 0.25) is 0 Å². The molecule has 6 heteroatoms. The summed E-state index contributed by atoms with van der Waals surface area (Å²) >= 11 is 0. The Hall–Kier alpha value is -1.98. The SMILES string of the molecule is Cc1cnn(C)c1-c1ncc(F)c(N2CCCCC2)n1. The molecule has 3 rings (SSSR count). The van der Waals surface area contributed by atoms with Gasteiger partial charge in [0.1, 0.15) is 5.69 Å². The molecule has 2 aromatic heterocycles. The zero-order valence-corrected chi connectivity index (χ0v) is 11.8. The maximum absolute atomic E-state index is 14.0. The molecule has 0 aliphatic carbocycles. The summed E-state index contributed by atoms with van der Waals surface area (Å²) in [5.41, 5.74) is 1.83. The quantitative estimate of drug-likeness (QED) is 0.844. The topological polar surface area (TPSA) is 46.8 Å². The van der Waals surface area contributed by atoms with Crippen molar-refractivity contribution in [1.29, 1.82) is 0 Å². The fourth-order valence-electron chi connectivity index (χ4n) is 2.67. The van der Waals surface area contributed by atoms with Crippen molar-refractivity contribution in [3.8, 4) is 11.5 Å². The zero-order chi connectivity index (χ0) is 14.1. The van der Waals surface area contributed by atoms with Crippen LogP contribution in [-0.2, 0) is 7.05 Å². The minimum Gasteiger partial charge on any atom is -0.354 e. The summed E-state index contributed by atoms with van der Waals surface area (Å²) in [7, 11) is 1.84. The molecule has 0 radical (unpaired) electrons. The van der Waals surface area contributed by atoms with Crippen molar-refractivity contribution >= 4 is 5.82 Å². The fourth-order valence-corrected chi connectivity index (χ4v) is 2.67. The Morgan fingerprint density at radius 2 is 1.90 bits per heavy atom. The predicted molar refractivity (Wildman–Crippen MR) is 75.0 cm³/mol. The summed E-state index contributed by atoms with van der Waals surface area (Å²) in [6, 6.07) is 0. The smallest absolute Gasteiger partial charge is 0.183 e. The molecule has 1 fully saturated rings. The van der Waals surface area contributed by atoms with E-state index in [9.17, 15) is 4.39 Å². The minimum absolute atomic E-state index is 0.351. The summed E-state index contributed by atoms with van der Waals surface area (Å²) < 4.78 is 15.7. The lowest BCUT2D eigenvalue weighted by Crippen LogP contribution is -2.31. The number of piperidine rings is 1. The Morgan fingerprint density at radius 3 is 2.55 bits per heavy atom. The number of hydrogen-bond acceptors (Lipinski definition) is 4. The molecular weight excluding hydrogens is 257 g/mol. The van der Waals surface area contributed by atoms with Crippen LogP contribution in [0, 0.1) is 12.7 Å². The van der Waals surface area contributed by atoms with Crippen LogP contribution in [0.15, 0.2) is 12.4 Å². The van der Waals surface area contributed by atoms with Crippen molar-refractivity contribution < 1.29 is 4.39 Å². The average Bonchev–Trinajstić information content (AvgIpc) is 2.80. The van der Waals surface area contributed by atoms with Gasteiger partial charge in [0, 0.05) is 20.1 Å². The van der Waals surface area contributed by atoms with Gasteiger partial charge in [0.15, 0.2) is 17.5 Å². The van der Waals surface area contributed by atoms with E-state index in [0.29, 0.717) is 11.6 Å². The van der Waals surface area contributed by atoms with Crippen LogP contribution in [0.4, 0.5) is 10.2 Å². The summed E-state index contributed by atoms with van der Waals surface area (Å²) in [6.45, 7) is 3.67. The van der Waals surface area contributed by atoms with E-state index in [1.807, 2.05) is 18.9 Å². The van der Waals surface area contributed by atoms with Crippen molar-refractivity contribution in [2.24, 2.45) is 7.05 Å².